The number of aromatic amines is 1. The highest BCUT2D eigenvalue weighted by Crippen LogP contribution is 2.42. The van der Waals surface area contributed by atoms with E-state index in [0.29, 0.717) is 41.3 Å². The van der Waals surface area contributed by atoms with E-state index in [0.717, 1.165) is 34.3 Å². The van der Waals surface area contributed by atoms with Crippen LogP contribution in [0, 0.1) is 0 Å². The molecule has 5 rings (SSSR count). The van der Waals surface area contributed by atoms with Crippen molar-refractivity contribution >= 4 is 16.8 Å². The Balaban J connectivity index is 1.64. The molecular formula is C28H25F3N2O4. The average Bonchev–Trinajstić information content (AvgIpc) is 3.29. The number of aromatic nitrogens is 1. The van der Waals surface area contributed by atoms with Crippen molar-refractivity contribution in [2.75, 3.05) is 27.9 Å². The highest BCUT2D eigenvalue weighted by atomic mass is 19.4. The number of para-hydroxylation sites is 1. The van der Waals surface area contributed by atoms with Gasteiger partial charge in [0.2, 0.25) is 5.75 Å². The standard InChI is InChI=1S/C28H25F3N2O4/c1-35-22-14-17(15-23(36-2)26(22)37-3)27(34)33-13-12-20-19-6-4-5-7-21(19)32-24(20)25(33)16-8-10-18(11-9-16)28(29,30)31/h4-11,14-15,25,32H,12-13H2,1-3H3. The summed E-state index contributed by atoms with van der Waals surface area (Å²) in [4.78, 5) is 19.0. The molecule has 4 aromatic rings. The summed E-state index contributed by atoms with van der Waals surface area (Å²) >= 11 is 0. The molecule has 192 valence electrons. The molecule has 1 N–H and O–H groups in total. The van der Waals surface area contributed by atoms with E-state index in [9.17, 15) is 18.0 Å². The molecule has 0 spiro atoms. The van der Waals surface area contributed by atoms with E-state index < -0.39 is 17.8 Å². The lowest BCUT2D eigenvalue weighted by molar-refractivity contribution is -0.137. The molecule has 1 amide bonds. The number of fused-ring (bicyclic) bond motifs is 3. The van der Waals surface area contributed by atoms with Crippen LogP contribution in [0.5, 0.6) is 17.2 Å². The first-order valence-electron chi connectivity index (χ1n) is 11.6. The van der Waals surface area contributed by atoms with Crippen molar-refractivity contribution in [2.24, 2.45) is 0 Å². The van der Waals surface area contributed by atoms with Gasteiger partial charge < -0.3 is 24.1 Å². The molecule has 0 saturated heterocycles. The fourth-order valence-electron chi connectivity index (χ4n) is 5.03. The average molecular weight is 511 g/mol. The van der Waals surface area contributed by atoms with Gasteiger partial charge in [-0.25, -0.2) is 0 Å². The van der Waals surface area contributed by atoms with Gasteiger partial charge in [-0.15, -0.1) is 0 Å². The quantitative estimate of drug-likeness (QED) is 0.358. The maximum atomic E-state index is 14.0. The number of carbonyl (C=O) groups excluding carboxylic acids is 1. The minimum atomic E-state index is -4.46. The number of benzene rings is 3. The molecule has 9 heteroatoms. The predicted molar refractivity (Wildman–Crippen MR) is 132 cm³/mol. The summed E-state index contributed by atoms with van der Waals surface area (Å²) in [6.45, 7) is 0.371. The third-order valence-corrected chi connectivity index (χ3v) is 6.76. The fourth-order valence-corrected chi connectivity index (χ4v) is 5.03. The van der Waals surface area contributed by atoms with Crippen molar-refractivity contribution in [1.29, 1.82) is 0 Å². The van der Waals surface area contributed by atoms with E-state index in [1.807, 2.05) is 24.3 Å². The van der Waals surface area contributed by atoms with Crippen molar-refractivity contribution in [3.8, 4) is 17.2 Å². The van der Waals surface area contributed by atoms with Crippen molar-refractivity contribution in [3.63, 3.8) is 0 Å². The zero-order valence-corrected chi connectivity index (χ0v) is 20.5. The van der Waals surface area contributed by atoms with E-state index >= 15 is 0 Å². The molecule has 2 heterocycles. The SMILES string of the molecule is COc1cc(C(=O)N2CCc3c([nH]c4ccccc34)C2c2ccc(C(F)(F)F)cc2)cc(OC)c1OC. The minimum absolute atomic E-state index is 0.311. The van der Waals surface area contributed by atoms with Gasteiger partial charge in [-0.2, -0.15) is 13.2 Å². The van der Waals surface area contributed by atoms with E-state index in [2.05, 4.69) is 4.98 Å². The molecule has 0 aliphatic carbocycles. The molecule has 1 unspecified atom stereocenters. The Bertz CT molecular complexity index is 1440. The predicted octanol–water partition coefficient (Wildman–Crippen LogP) is 6.00. The van der Waals surface area contributed by atoms with Crippen LogP contribution in [0.2, 0.25) is 0 Å². The third-order valence-electron chi connectivity index (χ3n) is 6.76. The summed E-state index contributed by atoms with van der Waals surface area (Å²) in [6.07, 6.45) is -3.87. The Kier molecular flexibility index (Phi) is 6.23. The van der Waals surface area contributed by atoms with E-state index in [-0.39, 0.29) is 5.91 Å². The lowest BCUT2D eigenvalue weighted by atomic mass is 9.91. The van der Waals surface area contributed by atoms with E-state index in [1.165, 1.54) is 33.5 Å². The van der Waals surface area contributed by atoms with Gasteiger partial charge in [0.1, 0.15) is 0 Å². The van der Waals surface area contributed by atoms with E-state index in [4.69, 9.17) is 14.2 Å². The summed E-state index contributed by atoms with van der Waals surface area (Å²) < 4.78 is 56.0. The molecule has 0 fully saturated rings. The number of amides is 1. The second kappa shape index (κ2) is 9.38. The van der Waals surface area contributed by atoms with Crippen LogP contribution in [0.4, 0.5) is 13.2 Å². The third kappa shape index (κ3) is 4.24. The van der Waals surface area contributed by atoms with Crippen LogP contribution in [0.25, 0.3) is 10.9 Å². The van der Waals surface area contributed by atoms with Gasteiger partial charge in [-0.3, -0.25) is 4.79 Å². The number of alkyl halides is 3. The van der Waals surface area contributed by atoms with Gasteiger partial charge >= 0.3 is 6.18 Å². The van der Waals surface area contributed by atoms with Gasteiger partial charge in [0, 0.05) is 28.7 Å². The lowest BCUT2D eigenvalue weighted by Gasteiger charge is -2.36. The Hall–Kier alpha value is -4.14. The van der Waals surface area contributed by atoms with Crippen LogP contribution >= 0.6 is 0 Å². The normalized spacial score (nSPS) is 15.4. The first-order valence-corrected chi connectivity index (χ1v) is 11.6. The maximum absolute atomic E-state index is 14.0. The Morgan fingerprint density at radius 1 is 0.946 bits per heavy atom. The van der Waals surface area contributed by atoms with Crippen molar-refractivity contribution in [2.45, 2.75) is 18.6 Å². The maximum Gasteiger partial charge on any atom is 0.416 e. The smallest absolute Gasteiger partial charge is 0.416 e. The number of nitrogens with zero attached hydrogens (tertiary/aromatic N) is 1. The second-order valence-electron chi connectivity index (χ2n) is 8.75. The molecular weight excluding hydrogens is 485 g/mol. The molecule has 6 nitrogen and oxygen atoms in total. The van der Waals surface area contributed by atoms with Crippen LogP contribution in [-0.4, -0.2) is 43.7 Å². The fraction of sp³-hybridized carbons (Fsp3) is 0.250. The number of methoxy groups -OCH3 is 3. The number of carbonyl (C=O) groups is 1. The van der Waals surface area contributed by atoms with Crippen LogP contribution in [-0.2, 0) is 12.6 Å². The summed E-state index contributed by atoms with van der Waals surface area (Å²) in [5.74, 6) is 0.713. The zero-order valence-electron chi connectivity index (χ0n) is 20.5. The zero-order chi connectivity index (χ0) is 26.3. The van der Waals surface area contributed by atoms with Crippen molar-refractivity contribution in [1.82, 2.24) is 9.88 Å². The van der Waals surface area contributed by atoms with Gasteiger partial charge in [-0.1, -0.05) is 30.3 Å². The van der Waals surface area contributed by atoms with Gasteiger partial charge in [0.05, 0.1) is 32.9 Å². The van der Waals surface area contributed by atoms with Gasteiger partial charge in [-0.05, 0) is 47.9 Å². The van der Waals surface area contributed by atoms with Gasteiger partial charge in [0.25, 0.3) is 5.91 Å². The molecule has 1 aromatic heterocycles. The highest BCUT2D eigenvalue weighted by molar-refractivity contribution is 5.97. The number of nitrogens with one attached hydrogen (secondary N) is 1. The Morgan fingerprint density at radius 2 is 1.59 bits per heavy atom. The topological polar surface area (TPSA) is 63.8 Å². The first kappa shape index (κ1) is 24.5. The van der Waals surface area contributed by atoms with Crippen LogP contribution in [0.1, 0.15) is 38.8 Å². The monoisotopic (exact) mass is 510 g/mol. The van der Waals surface area contributed by atoms with Crippen LogP contribution in [0.3, 0.4) is 0 Å². The Labute approximate surface area is 211 Å². The molecule has 3 aromatic carbocycles. The number of ether oxygens (including phenoxy) is 3. The number of halogens is 3. The van der Waals surface area contributed by atoms with E-state index in [1.54, 1.807) is 17.0 Å². The first-order chi connectivity index (χ1) is 17.8. The number of hydrogen-bond donors (Lipinski definition) is 1. The van der Waals surface area contributed by atoms with Crippen LogP contribution < -0.4 is 14.2 Å². The lowest BCUT2D eigenvalue weighted by Crippen LogP contribution is -2.40. The summed E-state index contributed by atoms with van der Waals surface area (Å²) in [7, 11) is 4.41. The Morgan fingerprint density at radius 3 is 2.19 bits per heavy atom. The van der Waals surface area contributed by atoms with Crippen LogP contribution in [0.15, 0.2) is 60.7 Å². The molecule has 0 bridgehead atoms. The molecule has 37 heavy (non-hydrogen) atoms. The molecule has 1 aliphatic heterocycles. The van der Waals surface area contributed by atoms with Gasteiger partial charge in [0.15, 0.2) is 11.5 Å². The number of rotatable bonds is 5. The van der Waals surface area contributed by atoms with Crippen molar-refractivity contribution in [3.05, 3.63) is 88.6 Å². The second-order valence-corrected chi connectivity index (χ2v) is 8.75. The molecule has 1 aliphatic rings. The summed E-state index contributed by atoms with van der Waals surface area (Å²) in [6, 6.07) is 15.3. The molecule has 0 saturated carbocycles. The molecule has 1 atom stereocenters. The largest absolute Gasteiger partial charge is 0.493 e. The van der Waals surface area contributed by atoms with Crippen molar-refractivity contribution < 1.29 is 32.2 Å². The number of H-pyrrole nitrogens is 1. The number of hydrogen-bond acceptors (Lipinski definition) is 4. The highest BCUT2D eigenvalue weighted by Gasteiger charge is 2.37. The summed E-state index contributed by atoms with van der Waals surface area (Å²) in [5.41, 5.74) is 2.88. The minimum Gasteiger partial charge on any atom is -0.493 e. The molecule has 0 radical (unpaired) electrons. The summed E-state index contributed by atoms with van der Waals surface area (Å²) in [5, 5.41) is 1.04.